The molecule has 0 saturated heterocycles. The van der Waals surface area contributed by atoms with Crippen LogP contribution in [0.3, 0.4) is 0 Å². The van der Waals surface area contributed by atoms with E-state index in [-0.39, 0.29) is 11.5 Å². The third kappa shape index (κ3) is 2.23. The number of rotatable bonds is 3. The molecule has 0 aliphatic carbocycles. The minimum absolute atomic E-state index is 0.142. The highest BCUT2D eigenvalue weighted by molar-refractivity contribution is 7.85. The van der Waals surface area contributed by atoms with Crippen molar-refractivity contribution >= 4 is 15.8 Å². The molecule has 1 aromatic heterocycles. The second kappa shape index (κ2) is 3.49. The molecule has 0 bridgehead atoms. The summed E-state index contributed by atoms with van der Waals surface area (Å²) in [5.74, 6) is -0.545. The zero-order chi connectivity index (χ0) is 10.9. The summed E-state index contributed by atoms with van der Waals surface area (Å²) in [7, 11) is -4.18. The Morgan fingerprint density at radius 3 is 3.00 bits per heavy atom. The number of nitrogens with one attached hydrogen (secondary N) is 1. The van der Waals surface area contributed by atoms with E-state index in [1.165, 1.54) is 6.26 Å². The van der Waals surface area contributed by atoms with Gasteiger partial charge < -0.3 is 9.36 Å². The van der Waals surface area contributed by atoms with E-state index >= 15 is 0 Å². The van der Waals surface area contributed by atoms with E-state index in [0.717, 1.165) is 11.4 Å². The van der Waals surface area contributed by atoms with Crippen molar-refractivity contribution in [3.63, 3.8) is 0 Å². The van der Waals surface area contributed by atoms with Gasteiger partial charge >= 0.3 is 0 Å². The summed E-state index contributed by atoms with van der Waals surface area (Å²) >= 11 is 0. The second-order valence-electron chi connectivity index (χ2n) is 2.61. The maximum absolute atomic E-state index is 10.6. The van der Waals surface area contributed by atoms with E-state index in [0.29, 0.717) is 0 Å². The van der Waals surface area contributed by atoms with Gasteiger partial charge in [0.1, 0.15) is 12.0 Å². The highest BCUT2D eigenvalue weighted by Gasteiger charge is 2.25. The fraction of sp³-hybridized carbons (Fsp3) is 0.200. The van der Waals surface area contributed by atoms with Crippen LogP contribution in [0, 0.1) is 0 Å². The van der Waals surface area contributed by atoms with Gasteiger partial charge in [0.15, 0.2) is 5.88 Å². The largest absolute Gasteiger partial charge is 0.394 e. The van der Waals surface area contributed by atoms with Gasteiger partial charge in [0.05, 0.1) is 0 Å². The summed E-state index contributed by atoms with van der Waals surface area (Å²) in [5.41, 5.74) is 2.47. The molecule has 9 nitrogen and oxygen atoms in total. The first-order chi connectivity index (χ1) is 7.06. The van der Waals surface area contributed by atoms with Crippen LogP contribution in [-0.4, -0.2) is 34.0 Å². The molecule has 0 unspecified atom stereocenters. The Hall–Kier alpha value is -1.65. The van der Waals surface area contributed by atoms with Gasteiger partial charge in [0.2, 0.25) is 12.2 Å². The van der Waals surface area contributed by atoms with Crippen LogP contribution in [0.4, 0.5) is 0 Å². The Labute approximate surface area is 84.0 Å². The average molecular weight is 234 g/mol. The Bertz CT molecular complexity index is 466. The first-order valence-corrected chi connectivity index (χ1v) is 5.28. The smallest absolute Gasteiger partial charge is 0.284 e. The van der Waals surface area contributed by atoms with E-state index in [1.54, 1.807) is 0 Å². The van der Waals surface area contributed by atoms with Gasteiger partial charge in [-0.05, 0) is 0 Å². The summed E-state index contributed by atoms with van der Waals surface area (Å²) in [6.45, 7) is 0. The average Bonchev–Trinajstić information content (AvgIpc) is 2.68. The third-order valence-corrected chi connectivity index (χ3v) is 2.09. The summed E-state index contributed by atoms with van der Waals surface area (Å²) in [6.07, 6.45) is 2.27. The maximum atomic E-state index is 10.6. The summed E-state index contributed by atoms with van der Waals surface area (Å²) in [5, 5.41) is 4.50. The van der Waals surface area contributed by atoms with Crippen molar-refractivity contribution in [1.82, 2.24) is 20.7 Å². The molecular formula is C5H6N4O5S. The third-order valence-electron chi connectivity index (χ3n) is 1.51. The molecule has 0 amide bonds. The van der Waals surface area contributed by atoms with Crippen molar-refractivity contribution in [1.29, 1.82) is 0 Å². The van der Waals surface area contributed by atoms with Crippen LogP contribution in [0.25, 0.3) is 5.70 Å². The molecule has 1 aliphatic heterocycles. The quantitative estimate of drug-likeness (QED) is 0.632. The molecule has 15 heavy (non-hydrogen) atoms. The van der Waals surface area contributed by atoms with Crippen molar-refractivity contribution in [3.8, 4) is 0 Å². The lowest BCUT2D eigenvalue weighted by Crippen LogP contribution is -2.35. The van der Waals surface area contributed by atoms with Crippen LogP contribution in [0.2, 0.25) is 0 Å². The van der Waals surface area contributed by atoms with Gasteiger partial charge in [-0.15, -0.1) is 0 Å². The lowest BCUT2D eigenvalue weighted by atomic mass is 10.4. The number of hydrogen-bond donors (Lipinski definition) is 2. The molecule has 0 atom stereocenters. The second-order valence-corrected chi connectivity index (χ2v) is 4.03. The van der Waals surface area contributed by atoms with Crippen LogP contribution in [0.1, 0.15) is 5.82 Å². The topological polar surface area (TPSA) is 118 Å². The summed E-state index contributed by atoms with van der Waals surface area (Å²) in [4.78, 5) is 8.35. The molecule has 1 aliphatic rings. The molecular weight excluding hydrogens is 228 g/mol. The highest BCUT2D eigenvalue weighted by Crippen LogP contribution is 2.17. The van der Waals surface area contributed by atoms with Crippen molar-refractivity contribution in [2.24, 2.45) is 0 Å². The molecule has 1 aromatic rings. The highest BCUT2D eigenvalue weighted by atomic mass is 32.2. The predicted molar refractivity (Wildman–Crippen MR) is 44.8 cm³/mol. The lowest BCUT2D eigenvalue weighted by Gasteiger charge is -2.14. The Morgan fingerprint density at radius 1 is 1.60 bits per heavy atom. The molecule has 10 heteroatoms. The van der Waals surface area contributed by atoms with Gasteiger partial charge in [0, 0.05) is 0 Å². The van der Waals surface area contributed by atoms with Crippen LogP contribution in [0.15, 0.2) is 17.2 Å². The zero-order valence-electron chi connectivity index (χ0n) is 7.19. The van der Waals surface area contributed by atoms with Crippen LogP contribution < -0.4 is 5.59 Å². The standard InChI is InChI=1S/C5H6N4O5S/c10-15(11,12)3-9-4(1-13-8-9)5-6-2-14-7-5/h1-2,8H,3H2,(H,10,11,12). The molecule has 0 aromatic carbocycles. The summed E-state index contributed by atoms with van der Waals surface area (Å²) < 4.78 is 34.4. The Morgan fingerprint density at radius 2 is 2.40 bits per heavy atom. The molecule has 82 valence electrons. The van der Waals surface area contributed by atoms with Crippen LogP contribution >= 0.6 is 0 Å². The Kier molecular flexibility index (Phi) is 2.30. The molecule has 0 spiro atoms. The van der Waals surface area contributed by atoms with E-state index in [4.69, 9.17) is 4.55 Å². The fourth-order valence-electron chi connectivity index (χ4n) is 0.974. The predicted octanol–water partition coefficient (Wildman–Crippen LogP) is -1.03. The SMILES string of the molecule is O=S(=O)(O)CN1NOC=C1c1ncon1. The van der Waals surface area contributed by atoms with E-state index in [1.807, 2.05) is 0 Å². The first-order valence-electron chi connectivity index (χ1n) is 3.67. The van der Waals surface area contributed by atoms with Gasteiger partial charge in [-0.3, -0.25) is 9.56 Å². The molecule has 0 fully saturated rings. The molecule has 0 radical (unpaired) electrons. The monoisotopic (exact) mass is 234 g/mol. The lowest BCUT2D eigenvalue weighted by molar-refractivity contribution is 0.0491. The number of aromatic nitrogens is 2. The van der Waals surface area contributed by atoms with Crippen molar-refractivity contribution in [2.45, 2.75) is 0 Å². The van der Waals surface area contributed by atoms with Gasteiger partial charge in [-0.2, -0.15) is 13.4 Å². The van der Waals surface area contributed by atoms with E-state index in [2.05, 4.69) is 25.1 Å². The minimum Gasteiger partial charge on any atom is -0.394 e. The number of nitrogens with zero attached hydrogens (tertiary/aromatic N) is 3. The first kappa shape index (κ1) is 9.89. The minimum atomic E-state index is -4.18. The van der Waals surface area contributed by atoms with Crippen molar-refractivity contribution in [3.05, 3.63) is 18.5 Å². The van der Waals surface area contributed by atoms with E-state index < -0.39 is 16.0 Å². The molecule has 2 rings (SSSR count). The van der Waals surface area contributed by atoms with Gasteiger partial charge in [-0.1, -0.05) is 10.7 Å². The molecule has 2 N–H and O–H groups in total. The fourth-order valence-corrected chi connectivity index (χ4v) is 1.49. The number of hydrazine groups is 1. The number of hydrogen-bond acceptors (Lipinski definition) is 8. The molecule has 0 saturated carbocycles. The molecule has 2 heterocycles. The van der Waals surface area contributed by atoms with E-state index in [9.17, 15) is 8.42 Å². The van der Waals surface area contributed by atoms with Crippen molar-refractivity contribution < 1.29 is 22.3 Å². The van der Waals surface area contributed by atoms with Crippen molar-refractivity contribution in [2.75, 3.05) is 5.88 Å². The van der Waals surface area contributed by atoms with Crippen LogP contribution in [-0.2, 0) is 15.0 Å². The maximum Gasteiger partial charge on any atom is 0.284 e. The summed E-state index contributed by atoms with van der Waals surface area (Å²) in [6, 6.07) is 0. The normalized spacial score (nSPS) is 16.3. The van der Waals surface area contributed by atoms with Gasteiger partial charge in [-0.25, -0.2) is 0 Å². The zero-order valence-corrected chi connectivity index (χ0v) is 8.01. The Balaban J connectivity index is 2.19. The van der Waals surface area contributed by atoms with Gasteiger partial charge in [0.25, 0.3) is 10.1 Å². The van der Waals surface area contributed by atoms with Crippen LogP contribution in [0.5, 0.6) is 0 Å².